The first kappa shape index (κ1) is 27.0. The number of fused-ring (bicyclic) bond motifs is 1. The molecule has 0 bridgehead atoms. The lowest BCUT2D eigenvalue weighted by Gasteiger charge is -2.25. The van der Waals surface area contributed by atoms with Crippen LogP contribution in [0.25, 0.3) is 11.0 Å². The molecule has 1 unspecified atom stereocenters. The number of aliphatic imine (C=N–C) groups is 1. The molecule has 4 N–H and O–H groups in total. The Morgan fingerprint density at radius 2 is 1.85 bits per heavy atom. The Hall–Kier alpha value is -4.61. The van der Waals surface area contributed by atoms with E-state index in [4.69, 9.17) is 14.6 Å². The van der Waals surface area contributed by atoms with Crippen molar-refractivity contribution in [3.05, 3.63) is 53.7 Å². The summed E-state index contributed by atoms with van der Waals surface area (Å²) < 4.78 is 10.7. The van der Waals surface area contributed by atoms with Gasteiger partial charge in [0.05, 0.1) is 12.1 Å². The quantitative estimate of drug-likeness (QED) is 0.315. The number of amides is 4. The largest absolute Gasteiger partial charge is 0.461 e. The van der Waals surface area contributed by atoms with Gasteiger partial charge in [0.15, 0.2) is 5.76 Å². The highest BCUT2D eigenvalue weighted by molar-refractivity contribution is 6.11. The number of nitrogens with two attached hydrogens (primary N) is 1. The number of guanidine groups is 1. The normalized spacial score (nSPS) is 18.2. The molecule has 3 aromatic rings. The minimum Gasteiger partial charge on any atom is -0.461 e. The molecule has 12 nitrogen and oxygen atoms in total. The molecule has 4 amide bonds. The first-order valence-electron chi connectivity index (χ1n) is 13.4. The Balaban J connectivity index is 1.40. The second kappa shape index (κ2) is 11.6. The summed E-state index contributed by atoms with van der Waals surface area (Å²) in [6.45, 7) is 3.77. The number of rotatable bonds is 6. The zero-order valence-electron chi connectivity index (χ0n) is 22.3. The molecule has 5 rings (SSSR count). The number of nitrogens with one attached hydrogen (secondary N) is 2. The summed E-state index contributed by atoms with van der Waals surface area (Å²) in [4.78, 5) is 58.8. The van der Waals surface area contributed by atoms with Gasteiger partial charge in [-0.1, -0.05) is 0 Å². The zero-order chi connectivity index (χ0) is 28.2. The van der Waals surface area contributed by atoms with Crippen LogP contribution in [0.15, 0.2) is 50.4 Å². The molecular formula is C28H32N6O6. The predicted octanol–water partition coefficient (Wildman–Crippen LogP) is 2.63. The summed E-state index contributed by atoms with van der Waals surface area (Å²) in [6.07, 6.45) is 5.02. The van der Waals surface area contributed by atoms with Crippen LogP contribution >= 0.6 is 0 Å². The molecule has 0 saturated carbocycles. The number of likely N-dealkylation sites (tertiary alicyclic amines) is 2. The van der Waals surface area contributed by atoms with Gasteiger partial charge in [-0.3, -0.25) is 24.5 Å². The van der Waals surface area contributed by atoms with Crippen LogP contribution < -0.4 is 16.4 Å². The lowest BCUT2D eigenvalue weighted by atomic mass is 10.1. The molecule has 40 heavy (non-hydrogen) atoms. The molecule has 2 saturated heterocycles. The maximum absolute atomic E-state index is 13.5. The third-order valence-electron chi connectivity index (χ3n) is 7.06. The lowest BCUT2D eigenvalue weighted by molar-refractivity contribution is -0.140. The van der Waals surface area contributed by atoms with Crippen LogP contribution in [-0.2, 0) is 9.59 Å². The van der Waals surface area contributed by atoms with Gasteiger partial charge in [0.2, 0.25) is 17.8 Å². The number of hydrogen-bond donors (Lipinski definition) is 3. The number of carbonyl (C=O) groups is 4. The number of primary amides is 1. The second-order valence-corrected chi connectivity index (χ2v) is 10.1. The average Bonchev–Trinajstić information content (AvgIpc) is 3.67. The fourth-order valence-corrected chi connectivity index (χ4v) is 5.00. The zero-order valence-corrected chi connectivity index (χ0v) is 22.3. The SMILES string of the molecule is Cc1cc2cc(NC(=NC3CCCCN(CC(=O)N4CCCC4)C3=O)NC(=O)c3coc(C(N)=O)c3)ccc2o1. The maximum Gasteiger partial charge on any atom is 0.284 e. The number of nitrogens with zero attached hydrogens (tertiary/aromatic N) is 3. The van der Waals surface area contributed by atoms with Gasteiger partial charge in [-0.2, -0.15) is 0 Å². The van der Waals surface area contributed by atoms with Gasteiger partial charge in [-0.15, -0.1) is 0 Å². The second-order valence-electron chi connectivity index (χ2n) is 10.1. The predicted molar refractivity (Wildman–Crippen MR) is 147 cm³/mol. The van der Waals surface area contributed by atoms with Crippen molar-refractivity contribution in [2.24, 2.45) is 10.7 Å². The van der Waals surface area contributed by atoms with E-state index in [1.54, 1.807) is 21.9 Å². The van der Waals surface area contributed by atoms with E-state index in [1.807, 2.05) is 19.1 Å². The van der Waals surface area contributed by atoms with Crippen molar-refractivity contribution >= 4 is 46.2 Å². The van der Waals surface area contributed by atoms with E-state index in [0.29, 0.717) is 37.3 Å². The van der Waals surface area contributed by atoms with Crippen LogP contribution in [0.5, 0.6) is 0 Å². The van der Waals surface area contributed by atoms with Crippen molar-refractivity contribution in [2.75, 3.05) is 31.5 Å². The monoisotopic (exact) mass is 548 g/mol. The van der Waals surface area contributed by atoms with Crippen molar-refractivity contribution < 1.29 is 28.0 Å². The van der Waals surface area contributed by atoms with Crippen LogP contribution in [-0.4, -0.2) is 71.6 Å². The van der Waals surface area contributed by atoms with E-state index in [0.717, 1.165) is 43.1 Å². The molecule has 2 fully saturated rings. The standard InChI is InChI=1S/C28H32N6O6/c1-17-12-18-13-20(7-8-22(18)40-17)30-28(32-26(37)19-14-23(25(29)36)39-16-19)31-21-6-2-3-11-34(27(21)38)15-24(35)33-9-4-5-10-33/h7-8,12-14,16,21H,2-6,9-11,15H2,1H3,(H2,29,36)(H2,30,31,32,37). The van der Waals surface area contributed by atoms with E-state index in [-0.39, 0.29) is 35.6 Å². The Labute approximate surface area is 230 Å². The van der Waals surface area contributed by atoms with Gasteiger partial charge in [0.25, 0.3) is 11.8 Å². The molecule has 2 aliphatic rings. The van der Waals surface area contributed by atoms with E-state index >= 15 is 0 Å². The number of aryl methyl sites for hydroxylation is 1. The number of benzene rings is 1. The molecule has 12 heteroatoms. The van der Waals surface area contributed by atoms with Gasteiger partial charge in [-0.25, -0.2) is 4.99 Å². The van der Waals surface area contributed by atoms with Crippen molar-refractivity contribution in [3.63, 3.8) is 0 Å². The van der Waals surface area contributed by atoms with Gasteiger partial charge < -0.3 is 29.7 Å². The summed E-state index contributed by atoms with van der Waals surface area (Å²) >= 11 is 0. The molecule has 210 valence electrons. The highest BCUT2D eigenvalue weighted by atomic mass is 16.3. The summed E-state index contributed by atoms with van der Waals surface area (Å²) in [7, 11) is 0. The number of hydrogen-bond acceptors (Lipinski definition) is 7. The summed E-state index contributed by atoms with van der Waals surface area (Å²) in [5.74, 6) is -1.10. The Kier molecular flexibility index (Phi) is 7.85. The minimum absolute atomic E-state index is 0.0153. The molecule has 2 aliphatic heterocycles. The van der Waals surface area contributed by atoms with Crippen LogP contribution in [0.1, 0.15) is 58.8 Å². The molecular weight excluding hydrogens is 516 g/mol. The molecule has 0 aliphatic carbocycles. The Bertz CT molecular complexity index is 1470. The summed E-state index contributed by atoms with van der Waals surface area (Å²) in [5, 5.41) is 6.65. The minimum atomic E-state index is -0.804. The smallest absolute Gasteiger partial charge is 0.284 e. The van der Waals surface area contributed by atoms with Crippen molar-refractivity contribution in [3.8, 4) is 0 Å². The molecule has 4 heterocycles. The number of carbonyl (C=O) groups excluding carboxylic acids is 4. The topological polar surface area (TPSA) is 163 Å². The third kappa shape index (κ3) is 6.16. The molecule has 1 aromatic carbocycles. The summed E-state index contributed by atoms with van der Waals surface area (Å²) in [6, 6.07) is 7.72. The van der Waals surface area contributed by atoms with E-state index in [9.17, 15) is 19.2 Å². The first-order chi connectivity index (χ1) is 19.3. The highest BCUT2D eigenvalue weighted by Crippen LogP contribution is 2.23. The van der Waals surface area contributed by atoms with E-state index < -0.39 is 17.9 Å². The molecule has 0 radical (unpaired) electrons. The fraction of sp³-hybridized carbons (Fsp3) is 0.393. The third-order valence-corrected chi connectivity index (χ3v) is 7.06. The Morgan fingerprint density at radius 1 is 1.07 bits per heavy atom. The lowest BCUT2D eigenvalue weighted by Crippen LogP contribution is -2.45. The summed E-state index contributed by atoms with van der Waals surface area (Å²) in [5.41, 5.74) is 6.62. The van der Waals surface area contributed by atoms with Crippen LogP contribution in [0.3, 0.4) is 0 Å². The fourth-order valence-electron chi connectivity index (χ4n) is 5.00. The van der Waals surface area contributed by atoms with Gasteiger partial charge in [0, 0.05) is 36.8 Å². The van der Waals surface area contributed by atoms with Crippen molar-refractivity contribution in [1.29, 1.82) is 0 Å². The van der Waals surface area contributed by atoms with Crippen LogP contribution in [0, 0.1) is 6.92 Å². The molecule has 2 aromatic heterocycles. The van der Waals surface area contributed by atoms with E-state index in [1.165, 1.54) is 6.07 Å². The van der Waals surface area contributed by atoms with Gasteiger partial charge >= 0.3 is 0 Å². The number of anilines is 1. The van der Waals surface area contributed by atoms with Gasteiger partial charge in [0.1, 0.15) is 23.6 Å². The van der Waals surface area contributed by atoms with Crippen LogP contribution in [0.2, 0.25) is 0 Å². The van der Waals surface area contributed by atoms with E-state index in [2.05, 4.69) is 15.6 Å². The van der Waals surface area contributed by atoms with Gasteiger partial charge in [-0.05, 0) is 63.3 Å². The maximum atomic E-state index is 13.5. The van der Waals surface area contributed by atoms with Crippen LogP contribution in [0.4, 0.5) is 5.69 Å². The Morgan fingerprint density at radius 3 is 2.60 bits per heavy atom. The number of furan rings is 2. The average molecular weight is 549 g/mol. The van der Waals surface area contributed by atoms with Crippen molar-refractivity contribution in [2.45, 2.75) is 45.1 Å². The van der Waals surface area contributed by atoms with Crippen molar-refractivity contribution in [1.82, 2.24) is 15.1 Å². The first-order valence-corrected chi connectivity index (χ1v) is 13.4. The molecule has 0 spiro atoms. The molecule has 1 atom stereocenters. The highest BCUT2D eigenvalue weighted by Gasteiger charge is 2.30.